The van der Waals surface area contributed by atoms with E-state index in [2.05, 4.69) is 11.9 Å². The van der Waals surface area contributed by atoms with Crippen molar-refractivity contribution < 1.29 is 19.0 Å². The second kappa shape index (κ2) is 5.56. The van der Waals surface area contributed by atoms with E-state index in [1.165, 1.54) is 11.1 Å². The van der Waals surface area contributed by atoms with Crippen LogP contribution in [-0.4, -0.2) is 44.8 Å². The van der Waals surface area contributed by atoms with Crippen molar-refractivity contribution in [1.82, 2.24) is 4.90 Å². The van der Waals surface area contributed by atoms with Gasteiger partial charge in [-0.2, -0.15) is 0 Å². The number of rotatable bonds is 3. The third-order valence-corrected chi connectivity index (χ3v) is 4.44. The topological polar surface area (TPSA) is 48.0 Å². The molecule has 21 heavy (non-hydrogen) atoms. The molecule has 1 fully saturated rings. The third-order valence-electron chi connectivity index (χ3n) is 4.44. The summed E-state index contributed by atoms with van der Waals surface area (Å²) in [4.78, 5) is 13.7. The Bertz CT molecular complexity index is 557. The summed E-state index contributed by atoms with van der Waals surface area (Å²) in [6, 6.07) is 4.17. The molecule has 5 heteroatoms. The minimum Gasteiger partial charge on any atom is -0.493 e. The molecule has 2 atom stereocenters. The van der Waals surface area contributed by atoms with Crippen LogP contribution in [0.25, 0.3) is 0 Å². The van der Waals surface area contributed by atoms with E-state index < -0.39 is 0 Å². The van der Waals surface area contributed by atoms with Crippen LogP contribution in [0.4, 0.5) is 0 Å². The van der Waals surface area contributed by atoms with Crippen molar-refractivity contribution in [2.24, 2.45) is 0 Å². The van der Waals surface area contributed by atoms with E-state index in [9.17, 15) is 4.79 Å². The Labute approximate surface area is 124 Å². The molecule has 2 heterocycles. The molecule has 1 aromatic carbocycles. The van der Waals surface area contributed by atoms with Gasteiger partial charge in [-0.25, -0.2) is 0 Å². The fourth-order valence-electron chi connectivity index (χ4n) is 3.36. The Morgan fingerprint density at radius 3 is 2.52 bits per heavy atom. The maximum atomic E-state index is 11.5. The van der Waals surface area contributed by atoms with E-state index in [1.807, 2.05) is 12.1 Å². The Balaban J connectivity index is 2.02. The maximum Gasteiger partial charge on any atom is 0.306 e. The predicted octanol–water partition coefficient (Wildman–Crippen LogP) is 1.94. The number of carbonyl (C=O) groups is 1. The van der Waals surface area contributed by atoms with Crippen molar-refractivity contribution in [1.29, 1.82) is 0 Å². The van der Waals surface area contributed by atoms with Gasteiger partial charge in [0.05, 0.1) is 20.3 Å². The van der Waals surface area contributed by atoms with Gasteiger partial charge in [-0.3, -0.25) is 9.69 Å². The fourth-order valence-corrected chi connectivity index (χ4v) is 3.36. The van der Waals surface area contributed by atoms with Crippen LogP contribution in [0.2, 0.25) is 0 Å². The number of nitrogens with zero attached hydrogens (tertiary/aromatic N) is 1. The molecule has 0 amide bonds. The fraction of sp³-hybridized carbons (Fsp3) is 0.562. The van der Waals surface area contributed by atoms with E-state index in [0.29, 0.717) is 6.42 Å². The SMILES string of the molecule is COc1cc2c(cc1OC)C(C1CCC(=O)O1)N(C)CC2. The molecule has 2 aliphatic rings. The first kappa shape index (κ1) is 14.2. The summed E-state index contributed by atoms with van der Waals surface area (Å²) >= 11 is 0. The first-order valence-electron chi connectivity index (χ1n) is 7.28. The smallest absolute Gasteiger partial charge is 0.306 e. The van der Waals surface area contributed by atoms with Crippen molar-refractivity contribution in [2.75, 3.05) is 27.8 Å². The van der Waals surface area contributed by atoms with Gasteiger partial charge in [0.15, 0.2) is 11.5 Å². The lowest BCUT2D eigenvalue weighted by molar-refractivity contribution is -0.143. The summed E-state index contributed by atoms with van der Waals surface area (Å²) in [6.07, 6.45) is 2.18. The number of benzene rings is 1. The first-order chi connectivity index (χ1) is 10.1. The Morgan fingerprint density at radius 2 is 1.90 bits per heavy atom. The lowest BCUT2D eigenvalue weighted by atomic mass is 9.88. The van der Waals surface area contributed by atoms with Crippen LogP contribution >= 0.6 is 0 Å². The molecule has 2 unspecified atom stereocenters. The number of hydrogen-bond acceptors (Lipinski definition) is 5. The van der Waals surface area contributed by atoms with Crippen molar-refractivity contribution in [2.45, 2.75) is 31.4 Å². The zero-order valence-electron chi connectivity index (χ0n) is 12.7. The van der Waals surface area contributed by atoms with E-state index in [1.54, 1.807) is 14.2 Å². The summed E-state index contributed by atoms with van der Waals surface area (Å²) in [5.74, 6) is 1.38. The molecular weight excluding hydrogens is 270 g/mol. The maximum absolute atomic E-state index is 11.5. The number of likely N-dealkylation sites (N-methyl/N-ethyl adjacent to an activating group) is 1. The third kappa shape index (κ3) is 2.46. The summed E-state index contributed by atoms with van der Waals surface area (Å²) in [5, 5.41) is 0. The predicted molar refractivity (Wildman–Crippen MR) is 77.7 cm³/mol. The monoisotopic (exact) mass is 291 g/mol. The Kier molecular flexibility index (Phi) is 3.76. The van der Waals surface area contributed by atoms with Crippen molar-refractivity contribution in [3.05, 3.63) is 23.3 Å². The van der Waals surface area contributed by atoms with Crippen molar-refractivity contribution >= 4 is 5.97 Å². The minimum atomic E-state index is -0.0963. The van der Waals surface area contributed by atoms with Gasteiger partial charge in [-0.05, 0) is 43.1 Å². The molecule has 1 saturated heterocycles. The molecule has 5 nitrogen and oxygen atoms in total. The normalized spacial score (nSPS) is 25.4. The van der Waals surface area contributed by atoms with Gasteiger partial charge in [-0.1, -0.05) is 0 Å². The Hall–Kier alpha value is -1.75. The van der Waals surface area contributed by atoms with Crippen LogP contribution in [0.1, 0.15) is 30.0 Å². The summed E-state index contributed by atoms with van der Waals surface area (Å²) in [5.41, 5.74) is 2.43. The van der Waals surface area contributed by atoms with Crippen LogP contribution < -0.4 is 9.47 Å². The number of fused-ring (bicyclic) bond motifs is 1. The number of methoxy groups -OCH3 is 2. The number of cyclic esters (lactones) is 1. The summed E-state index contributed by atoms with van der Waals surface area (Å²) in [7, 11) is 5.37. The highest BCUT2D eigenvalue weighted by molar-refractivity contribution is 5.71. The van der Waals surface area contributed by atoms with Crippen LogP contribution in [0.5, 0.6) is 11.5 Å². The van der Waals surface area contributed by atoms with Crippen LogP contribution in [0.3, 0.4) is 0 Å². The number of esters is 1. The molecule has 0 spiro atoms. The average molecular weight is 291 g/mol. The van der Waals surface area contributed by atoms with E-state index >= 15 is 0 Å². The summed E-state index contributed by atoms with van der Waals surface area (Å²) < 4.78 is 16.3. The van der Waals surface area contributed by atoms with Crippen LogP contribution in [-0.2, 0) is 16.0 Å². The highest BCUT2D eigenvalue weighted by atomic mass is 16.6. The second-order valence-corrected chi connectivity index (χ2v) is 5.65. The van der Waals surface area contributed by atoms with Gasteiger partial charge < -0.3 is 14.2 Å². The second-order valence-electron chi connectivity index (χ2n) is 5.65. The molecule has 0 radical (unpaired) electrons. The van der Waals surface area contributed by atoms with Gasteiger partial charge in [0.2, 0.25) is 0 Å². The molecule has 0 aliphatic carbocycles. The molecule has 0 N–H and O–H groups in total. The first-order valence-corrected chi connectivity index (χ1v) is 7.28. The highest BCUT2D eigenvalue weighted by Gasteiger charge is 2.38. The molecule has 0 bridgehead atoms. The lowest BCUT2D eigenvalue weighted by Crippen LogP contribution is -2.39. The van der Waals surface area contributed by atoms with Crippen molar-refractivity contribution in [3.63, 3.8) is 0 Å². The largest absolute Gasteiger partial charge is 0.493 e. The molecule has 3 rings (SSSR count). The zero-order valence-corrected chi connectivity index (χ0v) is 12.7. The lowest BCUT2D eigenvalue weighted by Gasteiger charge is -2.37. The number of carbonyl (C=O) groups excluding carboxylic acids is 1. The van der Waals surface area contributed by atoms with Gasteiger partial charge in [0, 0.05) is 13.0 Å². The standard InChI is InChI=1S/C16H21NO4/c1-17-7-6-10-8-13(19-2)14(20-3)9-11(10)16(17)12-4-5-15(18)21-12/h8-9,12,16H,4-7H2,1-3H3. The average Bonchev–Trinajstić information content (AvgIpc) is 2.91. The van der Waals surface area contributed by atoms with E-state index in [-0.39, 0.29) is 18.1 Å². The Morgan fingerprint density at radius 1 is 1.19 bits per heavy atom. The summed E-state index contributed by atoms with van der Waals surface area (Å²) in [6.45, 7) is 0.946. The molecule has 0 aromatic heterocycles. The molecule has 114 valence electrons. The quantitative estimate of drug-likeness (QED) is 0.797. The highest BCUT2D eigenvalue weighted by Crippen LogP contribution is 2.41. The van der Waals surface area contributed by atoms with Crippen LogP contribution in [0, 0.1) is 0 Å². The van der Waals surface area contributed by atoms with E-state index in [4.69, 9.17) is 14.2 Å². The molecule has 1 aromatic rings. The minimum absolute atomic E-state index is 0.0698. The van der Waals surface area contributed by atoms with E-state index in [0.717, 1.165) is 30.9 Å². The molecule has 0 saturated carbocycles. The van der Waals surface area contributed by atoms with Gasteiger partial charge in [0.25, 0.3) is 0 Å². The van der Waals surface area contributed by atoms with Crippen molar-refractivity contribution in [3.8, 4) is 11.5 Å². The number of hydrogen-bond donors (Lipinski definition) is 0. The number of ether oxygens (including phenoxy) is 3. The molecular formula is C16H21NO4. The van der Waals surface area contributed by atoms with Crippen LogP contribution in [0.15, 0.2) is 12.1 Å². The van der Waals surface area contributed by atoms with Gasteiger partial charge in [-0.15, -0.1) is 0 Å². The van der Waals surface area contributed by atoms with Gasteiger partial charge >= 0.3 is 5.97 Å². The zero-order chi connectivity index (χ0) is 15.0. The molecule has 2 aliphatic heterocycles. The van der Waals surface area contributed by atoms with Gasteiger partial charge in [0.1, 0.15) is 6.10 Å².